The number of nitrogens with zero attached hydrogens (tertiary/aromatic N) is 2. The average Bonchev–Trinajstić information content (AvgIpc) is 2.28. The Hall–Kier alpha value is -1.37. The van der Waals surface area contributed by atoms with Crippen molar-refractivity contribution in [2.45, 2.75) is 13.3 Å². The maximum absolute atomic E-state index is 5.69. The second-order valence-electron chi connectivity index (χ2n) is 3.46. The van der Waals surface area contributed by atoms with Gasteiger partial charge in [-0.15, -0.1) is 0 Å². The number of hydrogen-bond acceptors (Lipinski definition) is 4. The fraction of sp³-hybridized carbons (Fsp3) is 0.167. The van der Waals surface area contributed by atoms with E-state index < -0.39 is 0 Å². The van der Waals surface area contributed by atoms with Gasteiger partial charge in [-0.05, 0) is 40.8 Å². The summed E-state index contributed by atoms with van der Waals surface area (Å²) in [6.07, 6.45) is 0.730. The Morgan fingerprint density at radius 1 is 1.29 bits per heavy atom. The smallest absolute Gasteiger partial charge is 0.224 e. The van der Waals surface area contributed by atoms with Gasteiger partial charge < -0.3 is 10.5 Å². The summed E-state index contributed by atoms with van der Waals surface area (Å²) in [6.45, 7) is 1.98. The quantitative estimate of drug-likeness (QED) is 0.872. The van der Waals surface area contributed by atoms with Gasteiger partial charge in [-0.1, -0.05) is 13.0 Å². The number of nitrogen functional groups attached to an aromatic ring is 1. The molecule has 2 N–H and O–H groups in total. The minimum atomic E-state index is 0.428. The second-order valence-corrected chi connectivity index (χ2v) is 4.71. The molecule has 0 atom stereocenters. The summed E-state index contributed by atoms with van der Waals surface area (Å²) in [6, 6.07) is 9.37. The van der Waals surface area contributed by atoms with Crippen LogP contribution in [0.1, 0.15) is 12.7 Å². The fourth-order valence-corrected chi connectivity index (χ4v) is 1.87. The van der Waals surface area contributed by atoms with Crippen molar-refractivity contribution in [1.82, 2.24) is 9.97 Å². The summed E-state index contributed by atoms with van der Waals surface area (Å²) in [7, 11) is 0. The van der Waals surface area contributed by atoms with E-state index in [0.717, 1.165) is 15.7 Å². The van der Waals surface area contributed by atoms with Crippen LogP contribution in [0.3, 0.4) is 0 Å². The zero-order valence-corrected chi connectivity index (χ0v) is 11.5. The van der Waals surface area contributed by atoms with Gasteiger partial charge >= 0.3 is 0 Å². The predicted octanol–water partition coefficient (Wildman–Crippen LogP) is 3.02. The van der Waals surface area contributed by atoms with Crippen LogP contribution in [0.4, 0.5) is 5.82 Å². The Morgan fingerprint density at radius 3 is 2.82 bits per heavy atom. The molecule has 2 aromatic rings. The molecule has 0 fully saturated rings. The lowest BCUT2D eigenvalue weighted by atomic mass is 10.3. The molecule has 1 heterocycles. The first-order valence-corrected chi connectivity index (χ1v) is 6.32. The van der Waals surface area contributed by atoms with E-state index in [4.69, 9.17) is 10.5 Å². The van der Waals surface area contributed by atoms with Gasteiger partial charge in [0.1, 0.15) is 17.4 Å². The number of nitrogens with two attached hydrogens (primary N) is 1. The molecule has 0 unspecified atom stereocenters. The molecule has 0 saturated heterocycles. The van der Waals surface area contributed by atoms with Crippen molar-refractivity contribution in [3.63, 3.8) is 0 Å². The Bertz CT molecular complexity index is 531. The van der Waals surface area contributed by atoms with E-state index in [-0.39, 0.29) is 0 Å². The highest BCUT2D eigenvalue weighted by molar-refractivity contribution is 14.1. The molecule has 1 aromatic heterocycles. The van der Waals surface area contributed by atoms with E-state index in [9.17, 15) is 0 Å². The van der Waals surface area contributed by atoms with Crippen LogP contribution in [0.2, 0.25) is 0 Å². The van der Waals surface area contributed by atoms with Crippen LogP contribution in [-0.2, 0) is 6.42 Å². The highest BCUT2D eigenvalue weighted by atomic mass is 127. The fourth-order valence-electron chi connectivity index (χ4n) is 1.35. The van der Waals surface area contributed by atoms with Gasteiger partial charge in [0.15, 0.2) is 0 Å². The molecular formula is C12H12IN3O. The lowest BCUT2D eigenvalue weighted by molar-refractivity contribution is 0.459. The van der Waals surface area contributed by atoms with Gasteiger partial charge in [0.2, 0.25) is 5.88 Å². The number of anilines is 1. The lowest BCUT2D eigenvalue weighted by Crippen LogP contribution is -2.00. The van der Waals surface area contributed by atoms with Gasteiger partial charge in [0.05, 0.1) is 0 Å². The Morgan fingerprint density at radius 2 is 2.12 bits per heavy atom. The molecule has 88 valence electrons. The van der Waals surface area contributed by atoms with Crippen LogP contribution < -0.4 is 10.5 Å². The van der Waals surface area contributed by atoms with Crippen LogP contribution in [0.15, 0.2) is 30.3 Å². The molecule has 0 spiro atoms. The first kappa shape index (κ1) is 12.1. The number of hydrogen-bond donors (Lipinski definition) is 1. The molecule has 0 aliphatic rings. The summed E-state index contributed by atoms with van der Waals surface area (Å²) in [5.74, 6) is 2.34. The standard InChI is InChI=1S/C12H12IN3O/c1-2-11-15-10(14)7-12(16-11)17-9-5-3-4-8(13)6-9/h3-7H,2H2,1H3,(H2,14,15,16). The number of halogens is 1. The molecule has 0 aliphatic carbocycles. The highest BCUT2D eigenvalue weighted by Crippen LogP contribution is 2.22. The summed E-state index contributed by atoms with van der Waals surface area (Å²) < 4.78 is 6.76. The SMILES string of the molecule is CCc1nc(N)cc(Oc2cccc(I)c2)n1. The summed E-state index contributed by atoms with van der Waals surface area (Å²) in [5, 5.41) is 0. The normalized spacial score (nSPS) is 10.2. The van der Waals surface area contributed by atoms with Gasteiger partial charge in [-0.2, -0.15) is 4.98 Å². The molecule has 0 bridgehead atoms. The van der Waals surface area contributed by atoms with E-state index in [1.165, 1.54) is 0 Å². The Labute approximate surface area is 113 Å². The van der Waals surface area contributed by atoms with E-state index >= 15 is 0 Å². The maximum Gasteiger partial charge on any atom is 0.224 e. The molecule has 17 heavy (non-hydrogen) atoms. The summed E-state index contributed by atoms with van der Waals surface area (Å²) >= 11 is 2.23. The monoisotopic (exact) mass is 341 g/mol. The summed E-state index contributed by atoms with van der Waals surface area (Å²) in [4.78, 5) is 8.36. The molecule has 0 aliphatic heterocycles. The van der Waals surface area contributed by atoms with Crippen LogP contribution in [-0.4, -0.2) is 9.97 Å². The topological polar surface area (TPSA) is 61.0 Å². The minimum absolute atomic E-state index is 0.428. The Kier molecular flexibility index (Phi) is 3.78. The molecule has 2 rings (SSSR count). The second kappa shape index (κ2) is 5.31. The number of benzene rings is 1. The minimum Gasteiger partial charge on any atom is -0.439 e. The van der Waals surface area contributed by atoms with Gasteiger partial charge in [0, 0.05) is 16.1 Å². The third-order valence-electron chi connectivity index (χ3n) is 2.10. The van der Waals surface area contributed by atoms with Crippen molar-refractivity contribution in [1.29, 1.82) is 0 Å². The van der Waals surface area contributed by atoms with E-state index in [1.807, 2.05) is 31.2 Å². The van der Waals surface area contributed by atoms with Crippen molar-refractivity contribution < 1.29 is 4.74 Å². The largest absolute Gasteiger partial charge is 0.439 e. The van der Waals surface area contributed by atoms with Gasteiger partial charge in [0.25, 0.3) is 0 Å². The van der Waals surface area contributed by atoms with Crippen LogP contribution >= 0.6 is 22.6 Å². The molecule has 5 heteroatoms. The van der Waals surface area contributed by atoms with Crippen molar-refractivity contribution in [3.05, 3.63) is 39.7 Å². The van der Waals surface area contributed by atoms with Gasteiger partial charge in [-0.25, -0.2) is 4.98 Å². The number of aryl methyl sites for hydroxylation is 1. The van der Waals surface area contributed by atoms with E-state index in [2.05, 4.69) is 32.6 Å². The Balaban J connectivity index is 2.26. The van der Waals surface area contributed by atoms with E-state index in [1.54, 1.807) is 6.07 Å². The molecule has 0 saturated carbocycles. The van der Waals surface area contributed by atoms with Gasteiger partial charge in [-0.3, -0.25) is 0 Å². The first-order valence-electron chi connectivity index (χ1n) is 5.24. The molecule has 1 aromatic carbocycles. The molecule has 0 amide bonds. The van der Waals surface area contributed by atoms with Crippen molar-refractivity contribution in [2.75, 3.05) is 5.73 Å². The molecule has 0 radical (unpaired) electrons. The zero-order chi connectivity index (χ0) is 12.3. The van der Waals surface area contributed by atoms with E-state index in [0.29, 0.717) is 17.5 Å². The van der Waals surface area contributed by atoms with Crippen molar-refractivity contribution >= 4 is 28.4 Å². The summed E-state index contributed by atoms with van der Waals surface area (Å²) in [5.41, 5.74) is 5.69. The number of aromatic nitrogens is 2. The zero-order valence-electron chi connectivity index (χ0n) is 9.35. The first-order chi connectivity index (χ1) is 8.17. The van der Waals surface area contributed by atoms with Crippen molar-refractivity contribution in [2.24, 2.45) is 0 Å². The van der Waals surface area contributed by atoms with Crippen LogP contribution in [0.5, 0.6) is 11.6 Å². The highest BCUT2D eigenvalue weighted by Gasteiger charge is 2.03. The maximum atomic E-state index is 5.69. The lowest BCUT2D eigenvalue weighted by Gasteiger charge is -2.06. The number of ether oxygens (including phenoxy) is 1. The van der Waals surface area contributed by atoms with Crippen LogP contribution in [0.25, 0.3) is 0 Å². The third kappa shape index (κ3) is 3.29. The molecular weight excluding hydrogens is 329 g/mol. The number of rotatable bonds is 3. The molecule has 4 nitrogen and oxygen atoms in total. The van der Waals surface area contributed by atoms with Crippen LogP contribution in [0, 0.1) is 3.57 Å². The average molecular weight is 341 g/mol. The third-order valence-corrected chi connectivity index (χ3v) is 2.77. The predicted molar refractivity (Wildman–Crippen MR) is 75.1 cm³/mol. The van der Waals surface area contributed by atoms with Crippen molar-refractivity contribution in [3.8, 4) is 11.6 Å².